The smallest absolute Gasteiger partial charge is 0.239 e. The van der Waals surface area contributed by atoms with E-state index in [1.807, 2.05) is 18.7 Å². The Morgan fingerprint density at radius 1 is 1.24 bits per heavy atom. The van der Waals surface area contributed by atoms with E-state index in [9.17, 15) is 13.2 Å². The Hall–Kier alpha value is -0.660. The monoisotopic (exact) mass is 317 g/mol. The molecule has 21 heavy (non-hydrogen) atoms. The van der Waals surface area contributed by atoms with Crippen LogP contribution in [0.2, 0.25) is 0 Å². The molecule has 0 aromatic rings. The van der Waals surface area contributed by atoms with Crippen molar-refractivity contribution in [2.24, 2.45) is 5.92 Å². The van der Waals surface area contributed by atoms with Crippen LogP contribution in [0.25, 0.3) is 0 Å². The van der Waals surface area contributed by atoms with E-state index >= 15 is 0 Å². The van der Waals surface area contributed by atoms with Crippen molar-refractivity contribution < 1.29 is 13.2 Å². The minimum absolute atomic E-state index is 0.172. The number of likely N-dealkylation sites (tertiary alicyclic amines) is 1. The summed E-state index contributed by atoms with van der Waals surface area (Å²) in [6.45, 7) is 6.75. The summed E-state index contributed by atoms with van der Waals surface area (Å²) in [5, 5.41) is 3.40. The van der Waals surface area contributed by atoms with Crippen molar-refractivity contribution in [2.75, 3.05) is 32.4 Å². The van der Waals surface area contributed by atoms with Crippen molar-refractivity contribution in [1.82, 2.24) is 14.5 Å². The number of carbonyl (C=O) groups excluding carboxylic acids is 1. The van der Waals surface area contributed by atoms with Crippen molar-refractivity contribution in [3.05, 3.63) is 0 Å². The highest BCUT2D eigenvalue weighted by Gasteiger charge is 2.33. The third kappa shape index (κ3) is 4.17. The van der Waals surface area contributed by atoms with Crippen LogP contribution in [0.5, 0.6) is 0 Å². The van der Waals surface area contributed by atoms with E-state index in [1.54, 1.807) is 0 Å². The summed E-state index contributed by atoms with van der Waals surface area (Å²) in [5.74, 6) is 0.382. The Labute approximate surface area is 127 Å². The third-order valence-electron chi connectivity index (χ3n) is 4.59. The maximum absolute atomic E-state index is 12.3. The minimum Gasteiger partial charge on any atom is -0.341 e. The predicted octanol–water partition coefficient (Wildman–Crippen LogP) is 0.257. The van der Waals surface area contributed by atoms with Gasteiger partial charge in [-0.15, -0.1) is 0 Å². The highest BCUT2D eigenvalue weighted by molar-refractivity contribution is 7.88. The van der Waals surface area contributed by atoms with Gasteiger partial charge in [-0.05, 0) is 32.1 Å². The van der Waals surface area contributed by atoms with Gasteiger partial charge in [-0.2, -0.15) is 0 Å². The Bertz CT molecular complexity index is 474. The van der Waals surface area contributed by atoms with Crippen LogP contribution in [0, 0.1) is 5.92 Å². The van der Waals surface area contributed by atoms with Crippen LogP contribution >= 0.6 is 0 Å². The third-order valence-corrected chi connectivity index (χ3v) is 5.86. The number of sulfonamides is 1. The van der Waals surface area contributed by atoms with Crippen molar-refractivity contribution in [3.8, 4) is 0 Å². The first-order valence-electron chi connectivity index (χ1n) is 7.79. The predicted molar refractivity (Wildman–Crippen MR) is 82.4 cm³/mol. The SMILES string of the molecule is CC(NC1CCN(S(C)(=O)=O)CC1C)C(=O)N1CCCC1. The van der Waals surface area contributed by atoms with Crippen LogP contribution in [0.15, 0.2) is 0 Å². The lowest BCUT2D eigenvalue weighted by Crippen LogP contribution is -2.55. The number of nitrogens with zero attached hydrogens (tertiary/aromatic N) is 2. The molecule has 2 aliphatic heterocycles. The van der Waals surface area contributed by atoms with Gasteiger partial charge in [0, 0.05) is 32.2 Å². The lowest BCUT2D eigenvalue weighted by Gasteiger charge is -2.37. The molecular weight excluding hydrogens is 290 g/mol. The highest BCUT2D eigenvalue weighted by Crippen LogP contribution is 2.20. The molecule has 2 fully saturated rings. The Morgan fingerprint density at radius 2 is 1.86 bits per heavy atom. The van der Waals surface area contributed by atoms with Crippen molar-refractivity contribution >= 4 is 15.9 Å². The second kappa shape index (κ2) is 6.62. The first-order chi connectivity index (χ1) is 9.79. The van der Waals surface area contributed by atoms with Gasteiger partial charge >= 0.3 is 0 Å². The van der Waals surface area contributed by atoms with Crippen LogP contribution in [0.3, 0.4) is 0 Å². The number of piperidine rings is 1. The first kappa shape index (κ1) is 16.7. The fourth-order valence-electron chi connectivity index (χ4n) is 3.26. The minimum atomic E-state index is -3.11. The van der Waals surface area contributed by atoms with Gasteiger partial charge in [0.15, 0.2) is 0 Å². The molecule has 0 aliphatic carbocycles. The topological polar surface area (TPSA) is 69.7 Å². The molecule has 7 heteroatoms. The zero-order valence-electron chi connectivity index (χ0n) is 13.2. The summed E-state index contributed by atoms with van der Waals surface area (Å²) in [6.07, 6.45) is 4.21. The number of nitrogens with one attached hydrogen (secondary N) is 1. The summed E-state index contributed by atoms with van der Waals surface area (Å²) in [4.78, 5) is 14.2. The largest absolute Gasteiger partial charge is 0.341 e. The Balaban J connectivity index is 1.87. The highest BCUT2D eigenvalue weighted by atomic mass is 32.2. The molecule has 0 radical (unpaired) electrons. The molecule has 3 unspecified atom stereocenters. The molecule has 0 saturated carbocycles. The molecule has 2 saturated heterocycles. The normalized spacial score (nSPS) is 29.6. The molecule has 1 amide bonds. The van der Waals surface area contributed by atoms with Gasteiger partial charge in [0.05, 0.1) is 12.3 Å². The van der Waals surface area contributed by atoms with E-state index in [1.165, 1.54) is 10.6 Å². The van der Waals surface area contributed by atoms with Crippen molar-refractivity contribution in [1.29, 1.82) is 0 Å². The lowest BCUT2D eigenvalue weighted by molar-refractivity contribution is -0.132. The molecule has 0 spiro atoms. The van der Waals surface area contributed by atoms with Crippen LogP contribution in [0.4, 0.5) is 0 Å². The number of hydrogen-bond donors (Lipinski definition) is 1. The van der Waals surface area contributed by atoms with Crippen LogP contribution in [0.1, 0.15) is 33.1 Å². The first-order valence-corrected chi connectivity index (χ1v) is 9.64. The molecule has 6 nitrogen and oxygen atoms in total. The second-order valence-corrected chi connectivity index (χ2v) is 8.40. The molecule has 0 bridgehead atoms. The maximum atomic E-state index is 12.3. The average molecular weight is 317 g/mol. The zero-order valence-corrected chi connectivity index (χ0v) is 14.0. The van der Waals surface area contributed by atoms with E-state index < -0.39 is 10.0 Å². The summed E-state index contributed by atoms with van der Waals surface area (Å²) >= 11 is 0. The van der Waals surface area contributed by atoms with E-state index in [0.29, 0.717) is 13.1 Å². The summed E-state index contributed by atoms with van der Waals surface area (Å²) in [5.41, 5.74) is 0. The van der Waals surface area contributed by atoms with Crippen molar-refractivity contribution in [3.63, 3.8) is 0 Å². The van der Waals surface area contributed by atoms with E-state index in [4.69, 9.17) is 0 Å². The van der Waals surface area contributed by atoms with Gasteiger partial charge in [0.1, 0.15) is 0 Å². The number of amides is 1. The van der Waals surface area contributed by atoms with E-state index in [0.717, 1.165) is 32.4 Å². The Morgan fingerprint density at radius 3 is 2.38 bits per heavy atom. The van der Waals surface area contributed by atoms with Gasteiger partial charge < -0.3 is 10.2 Å². The fraction of sp³-hybridized carbons (Fsp3) is 0.929. The van der Waals surface area contributed by atoms with Crippen molar-refractivity contribution in [2.45, 2.75) is 45.2 Å². The summed E-state index contributed by atoms with van der Waals surface area (Å²) < 4.78 is 24.7. The molecular formula is C14H27N3O3S. The van der Waals surface area contributed by atoms with E-state index in [2.05, 4.69) is 5.32 Å². The molecule has 2 heterocycles. The number of carbonyl (C=O) groups is 1. The second-order valence-electron chi connectivity index (χ2n) is 6.41. The fourth-order valence-corrected chi connectivity index (χ4v) is 4.20. The van der Waals surface area contributed by atoms with Gasteiger partial charge in [0.2, 0.25) is 15.9 Å². The quantitative estimate of drug-likeness (QED) is 0.807. The Kier molecular flexibility index (Phi) is 5.27. The van der Waals surface area contributed by atoms with Crippen LogP contribution in [-0.2, 0) is 14.8 Å². The standard InChI is InChI=1S/C14H27N3O3S/c1-11-10-17(21(3,19)20)9-6-13(11)15-12(2)14(18)16-7-4-5-8-16/h11-13,15H,4-10H2,1-3H3. The molecule has 3 atom stereocenters. The molecule has 1 N–H and O–H groups in total. The van der Waals surface area contributed by atoms with Gasteiger partial charge in [-0.3, -0.25) is 4.79 Å². The number of hydrogen-bond acceptors (Lipinski definition) is 4. The molecule has 122 valence electrons. The zero-order chi connectivity index (χ0) is 15.6. The van der Waals surface area contributed by atoms with Gasteiger partial charge in [0.25, 0.3) is 0 Å². The van der Waals surface area contributed by atoms with E-state index in [-0.39, 0.29) is 23.9 Å². The molecule has 0 aromatic carbocycles. The molecule has 2 aliphatic rings. The van der Waals surface area contributed by atoms with Gasteiger partial charge in [-0.1, -0.05) is 6.92 Å². The lowest BCUT2D eigenvalue weighted by atomic mass is 9.94. The van der Waals surface area contributed by atoms with Crippen LogP contribution in [-0.4, -0.2) is 68.0 Å². The number of rotatable bonds is 4. The maximum Gasteiger partial charge on any atom is 0.239 e. The van der Waals surface area contributed by atoms with Crippen LogP contribution < -0.4 is 5.32 Å². The van der Waals surface area contributed by atoms with Gasteiger partial charge in [-0.25, -0.2) is 12.7 Å². The molecule has 0 aromatic heterocycles. The average Bonchev–Trinajstić information content (AvgIpc) is 2.92. The molecule has 2 rings (SSSR count). The summed E-state index contributed by atoms with van der Waals surface area (Å²) in [7, 11) is -3.11. The summed E-state index contributed by atoms with van der Waals surface area (Å²) in [6, 6.07) is 0.00452.